The molecule has 0 radical (unpaired) electrons. The van der Waals surface area contributed by atoms with Crippen LogP contribution in [0.25, 0.3) is 11.1 Å². The highest BCUT2D eigenvalue weighted by atomic mass is 16.1. The average Bonchev–Trinajstić information content (AvgIpc) is 3.39. The lowest BCUT2D eigenvalue weighted by atomic mass is 9.71. The van der Waals surface area contributed by atoms with Gasteiger partial charge < -0.3 is 9.88 Å². The van der Waals surface area contributed by atoms with E-state index >= 15 is 0 Å². The molecular formula is C36H46N4O2. The maximum atomic E-state index is 13.7. The summed E-state index contributed by atoms with van der Waals surface area (Å²) in [6.07, 6.45) is 6.87. The normalized spacial score (nSPS) is 17.1. The van der Waals surface area contributed by atoms with Crippen molar-refractivity contribution in [1.29, 1.82) is 0 Å². The van der Waals surface area contributed by atoms with E-state index in [4.69, 9.17) is 9.98 Å². The second-order valence-corrected chi connectivity index (χ2v) is 13.3. The fourth-order valence-electron chi connectivity index (χ4n) is 6.48. The van der Waals surface area contributed by atoms with Gasteiger partial charge in [0.2, 0.25) is 0 Å². The molecule has 1 N–H and O–H groups in total. The van der Waals surface area contributed by atoms with E-state index in [1.807, 2.05) is 13.0 Å². The molecule has 0 amide bonds. The zero-order valence-electron chi connectivity index (χ0n) is 26.2. The van der Waals surface area contributed by atoms with Gasteiger partial charge in [-0.1, -0.05) is 58.9 Å². The van der Waals surface area contributed by atoms with E-state index in [1.165, 1.54) is 23.2 Å². The molecule has 2 atom stereocenters. The average molecular weight is 567 g/mol. The molecule has 0 fully saturated rings. The van der Waals surface area contributed by atoms with Crippen LogP contribution in [0.3, 0.4) is 0 Å². The van der Waals surface area contributed by atoms with Gasteiger partial charge in [-0.25, -0.2) is 4.99 Å². The summed E-state index contributed by atoms with van der Waals surface area (Å²) in [5.74, 6) is 0.871. The molecule has 3 heterocycles. The first-order valence-corrected chi connectivity index (χ1v) is 15.7. The number of ketones is 1. The van der Waals surface area contributed by atoms with Crippen molar-refractivity contribution in [1.82, 2.24) is 14.9 Å². The van der Waals surface area contributed by atoms with Gasteiger partial charge in [0.25, 0.3) is 5.56 Å². The number of nitrogens with one attached hydrogen (secondary N) is 1. The van der Waals surface area contributed by atoms with Crippen molar-refractivity contribution in [2.24, 2.45) is 16.3 Å². The molecule has 0 saturated heterocycles. The number of benzene rings is 1. The summed E-state index contributed by atoms with van der Waals surface area (Å²) in [5, 5.41) is 0. The number of hydrogen-bond donors (Lipinski definition) is 1. The molecule has 42 heavy (non-hydrogen) atoms. The van der Waals surface area contributed by atoms with Gasteiger partial charge >= 0.3 is 0 Å². The maximum Gasteiger partial charge on any atom is 0.250 e. The Morgan fingerprint density at radius 2 is 1.81 bits per heavy atom. The smallest absolute Gasteiger partial charge is 0.250 e. The van der Waals surface area contributed by atoms with Crippen molar-refractivity contribution in [2.75, 3.05) is 19.6 Å². The van der Waals surface area contributed by atoms with Gasteiger partial charge in [-0.3, -0.25) is 14.6 Å². The van der Waals surface area contributed by atoms with Crippen molar-refractivity contribution >= 4 is 17.2 Å². The second-order valence-electron chi connectivity index (χ2n) is 13.3. The Hall–Kier alpha value is -3.38. The number of carbonyl (C=O) groups excluding carboxylic acids is 1. The molecule has 0 bridgehead atoms. The van der Waals surface area contributed by atoms with Crippen molar-refractivity contribution in [3.8, 4) is 11.1 Å². The molecule has 1 aliphatic heterocycles. The van der Waals surface area contributed by atoms with Crippen LogP contribution in [0.4, 0.5) is 5.69 Å². The molecule has 0 spiro atoms. The standard InChI is InChI=1S/C36H46N4O2/c1-7-40(8-2)16-15-26(24-9-11-25(12-10-24)28-17-23(3)35(42)37-22-28)20-34(41)33-21-32-31(39-33)19-27-18-29(36(4,5)6)13-14-30(27)38-32/h9-12,17,19,22,26,29H,7-8,13-16,18,20-21H2,1-6H3,(H,37,42)/t26-,29-/m0/s1. The number of nitrogens with zero attached hydrogens (tertiary/aromatic N) is 3. The predicted octanol–water partition coefficient (Wildman–Crippen LogP) is 7.00. The van der Waals surface area contributed by atoms with Crippen LogP contribution >= 0.6 is 0 Å². The highest BCUT2D eigenvalue weighted by Gasteiger charge is 2.32. The zero-order chi connectivity index (χ0) is 30.0. The molecular weight excluding hydrogens is 520 g/mol. The van der Waals surface area contributed by atoms with Gasteiger partial charge in [-0.2, -0.15) is 0 Å². The van der Waals surface area contributed by atoms with E-state index in [9.17, 15) is 9.59 Å². The van der Waals surface area contributed by atoms with E-state index in [-0.39, 0.29) is 22.7 Å². The number of pyridine rings is 2. The summed E-state index contributed by atoms with van der Waals surface area (Å²) in [6, 6.07) is 12.6. The molecule has 222 valence electrons. The van der Waals surface area contributed by atoms with Crippen molar-refractivity contribution in [3.63, 3.8) is 0 Å². The molecule has 0 saturated carbocycles. The van der Waals surface area contributed by atoms with E-state index in [0.29, 0.717) is 30.0 Å². The monoisotopic (exact) mass is 566 g/mol. The van der Waals surface area contributed by atoms with Crippen LogP contribution in [0.15, 0.2) is 52.4 Å². The predicted molar refractivity (Wildman–Crippen MR) is 172 cm³/mol. The van der Waals surface area contributed by atoms with Crippen molar-refractivity contribution < 1.29 is 4.79 Å². The van der Waals surface area contributed by atoms with Gasteiger partial charge in [0.05, 0.1) is 17.1 Å². The zero-order valence-corrected chi connectivity index (χ0v) is 26.2. The second kappa shape index (κ2) is 12.5. The number of carbonyl (C=O) groups is 1. The van der Waals surface area contributed by atoms with Crippen LogP contribution in [0, 0.1) is 18.3 Å². The molecule has 1 aliphatic carbocycles. The van der Waals surface area contributed by atoms with E-state index in [0.717, 1.165) is 61.4 Å². The minimum absolute atomic E-state index is 0.0631. The lowest BCUT2D eigenvalue weighted by molar-refractivity contribution is -0.113. The number of H-pyrrole nitrogens is 1. The molecule has 6 heteroatoms. The van der Waals surface area contributed by atoms with Gasteiger partial charge in [-0.15, -0.1) is 0 Å². The number of Topliss-reactive ketones (excluding diaryl/α,β-unsaturated/α-hetero) is 1. The number of fused-ring (bicyclic) bond motifs is 2. The number of aryl methyl sites for hydroxylation is 2. The maximum absolute atomic E-state index is 13.7. The number of hydrogen-bond acceptors (Lipinski definition) is 5. The van der Waals surface area contributed by atoms with Crippen LogP contribution in [0.2, 0.25) is 0 Å². The van der Waals surface area contributed by atoms with E-state index in [1.54, 1.807) is 6.20 Å². The molecule has 6 nitrogen and oxygen atoms in total. The molecule has 2 aliphatic rings. The van der Waals surface area contributed by atoms with Crippen LogP contribution in [-0.4, -0.2) is 46.0 Å². The molecule has 1 aromatic carbocycles. The van der Waals surface area contributed by atoms with Crippen LogP contribution in [0.1, 0.15) is 87.9 Å². The number of aromatic nitrogens is 2. The highest BCUT2D eigenvalue weighted by Crippen LogP contribution is 2.39. The molecule has 5 rings (SSSR count). The van der Waals surface area contributed by atoms with Crippen LogP contribution in [-0.2, 0) is 24.1 Å². The highest BCUT2D eigenvalue weighted by molar-refractivity contribution is 6.41. The quantitative estimate of drug-likeness (QED) is 0.287. The molecule has 3 aromatic rings. The first-order chi connectivity index (χ1) is 20.0. The third-order valence-electron chi connectivity index (χ3n) is 9.50. The first-order valence-electron chi connectivity index (χ1n) is 15.7. The lowest BCUT2D eigenvalue weighted by Crippen LogP contribution is -2.27. The number of aromatic amines is 1. The van der Waals surface area contributed by atoms with Gasteiger partial charge in [0, 0.05) is 30.3 Å². The van der Waals surface area contributed by atoms with Gasteiger partial charge in [0.15, 0.2) is 5.78 Å². The van der Waals surface area contributed by atoms with Gasteiger partial charge in [0.1, 0.15) is 0 Å². The SMILES string of the molecule is CCN(CC)CC[C@@H](CC(=O)C1=Nc2cc3c(nc2C1)CC[C@H](C(C)(C)C)C3)c1ccc(-c2c[nH]c(=O)c(C)c2)cc1. The topological polar surface area (TPSA) is 78.4 Å². The third-order valence-corrected chi connectivity index (χ3v) is 9.50. The van der Waals surface area contributed by atoms with Gasteiger partial charge in [-0.05, 0) is 104 Å². The third kappa shape index (κ3) is 6.64. The van der Waals surface area contributed by atoms with Crippen LogP contribution < -0.4 is 5.56 Å². The summed E-state index contributed by atoms with van der Waals surface area (Å²) in [7, 11) is 0. The Balaban J connectivity index is 1.34. The Bertz CT molecular complexity index is 1520. The summed E-state index contributed by atoms with van der Waals surface area (Å²) < 4.78 is 0. The number of rotatable bonds is 10. The van der Waals surface area contributed by atoms with E-state index < -0.39 is 0 Å². The largest absolute Gasteiger partial charge is 0.328 e. The fourth-order valence-corrected chi connectivity index (χ4v) is 6.48. The number of aliphatic imine (C=N–C) groups is 1. The molecule has 2 aromatic heterocycles. The summed E-state index contributed by atoms with van der Waals surface area (Å²) in [4.78, 5) is 40.7. The Morgan fingerprint density at radius 3 is 2.48 bits per heavy atom. The lowest BCUT2D eigenvalue weighted by Gasteiger charge is -2.34. The Kier molecular flexibility index (Phi) is 8.93. The Labute approximate surface area is 250 Å². The summed E-state index contributed by atoms with van der Waals surface area (Å²) >= 11 is 0. The summed E-state index contributed by atoms with van der Waals surface area (Å²) in [5.41, 5.74) is 9.13. The first kappa shape index (κ1) is 30.1. The molecule has 0 unspecified atom stereocenters. The van der Waals surface area contributed by atoms with Crippen molar-refractivity contribution in [2.45, 2.75) is 86.0 Å². The minimum atomic E-state index is -0.0631. The minimum Gasteiger partial charge on any atom is -0.328 e. The van der Waals surface area contributed by atoms with E-state index in [2.05, 4.69) is 74.8 Å². The van der Waals surface area contributed by atoms with Crippen LogP contribution in [0.5, 0.6) is 0 Å². The summed E-state index contributed by atoms with van der Waals surface area (Å²) in [6.45, 7) is 16.1. The Morgan fingerprint density at radius 1 is 1.07 bits per heavy atom. The van der Waals surface area contributed by atoms with Crippen molar-refractivity contribution in [3.05, 3.63) is 81.0 Å². The fraction of sp³-hybridized carbons (Fsp3) is 0.500.